The first kappa shape index (κ1) is 17.4. The monoisotopic (exact) mass is 286 g/mol. The van der Waals surface area contributed by atoms with Crippen LogP contribution in [-0.4, -0.2) is 61.9 Å². The zero-order valence-electron chi connectivity index (χ0n) is 13.6. The summed E-state index contributed by atoms with van der Waals surface area (Å²) in [5.41, 5.74) is -0.616. The van der Waals surface area contributed by atoms with Crippen LogP contribution in [0.1, 0.15) is 40.5 Å². The number of ether oxygens (including phenoxy) is 2. The van der Waals surface area contributed by atoms with Crippen molar-refractivity contribution >= 4 is 5.97 Å². The number of carbonyl (C=O) groups is 1. The summed E-state index contributed by atoms with van der Waals surface area (Å²) >= 11 is 0. The second kappa shape index (κ2) is 7.96. The number of esters is 1. The van der Waals surface area contributed by atoms with E-state index in [1.807, 2.05) is 20.8 Å². The summed E-state index contributed by atoms with van der Waals surface area (Å²) in [7, 11) is 1.76. The Morgan fingerprint density at radius 2 is 2.20 bits per heavy atom. The normalized spacial score (nSPS) is 24.4. The molecule has 118 valence electrons. The van der Waals surface area contributed by atoms with Crippen molar-refractivity contribution in [3.8, 4) is 0 Å². The van der Waals surface area contributed by atoms with Crippen molar-refractivity contribution in [1.82, 2.24) is 10.2 Å². The second-order valence-electron chi connectivity index (χ2n) is 5.78. The number of methoxy groups -OCH3 is 1. The summed E-state index contributed by atoms with van der Waals surface area (Å²) in [5.74, 6) is -0.156. The third-order valence-electron chi connectivity index (χ3n) is 4.13. The van der Waals surface area contributed by atoms with Gasteiger partial charge >= 0.3 is 5.97 Å². The van der Waals surface area contributed by atoms with Crippen LogP contribution < -0.4 is 5.32 Å². The Morgan fingerprint density at radius 1 is 1.50 bits per heavy atom. The van der Waals surface area contributed by atoms with E-state index in [4.69, 9.17) is 9.47 Å². The van der Waals surface area contributed by atoms with Crippen molar-refractivity contribution < 1.29 is 14.3 Å². The highest BCUT2D eigenvalue weighted by molar-refractivity contribution is 5.80. The van der Waals surface area contributed by atoms with Crippen molar-refractivity contribution in [2.45, 2.75) is 58.2 Å². The molecule has 0 aromatic rings. The van der Waals surface area contributed by atoms with Gasteiger partial charge in [-0.25, -0.2) is 0 Å². The number of hydrogen-bond donors (Lipinski definition) is 1. The van der Waals surface area contributed by atoms with Crippen LogP contribution in [0.5, 0.6) is 0 Å². The Kier molecular flexibility index (Phi) is 6.92. The van der Waals surface area contributed by atoms with Gasteiger partial charge in [-0.2, -0.15) is 0 Å². The molecule has 5 heteroatoms. The zero-order valence-corrected chi connectivity index (χ0v) is 13.6. The van der Waals surface area contributed by atoms with Crippen LogP contribution in [0.3, 0.4) is 0 Å². The van der Waals surface area contributed by atoms with Gasteiger partial charge in [0.15, 0.2) is 0 Å². The van der Waals surface area contributed by atoms with Crippen LogP contribution in [0.4, 0.5) is 0 Å². The molecule has 0 spiro atoms. The fourth-order valence-corrected chi connectivity index (χ4v) is 2.97. The molecule has 0 saturated carbocycles. The maximum Gasteiger partial charge on any atom is 0.326 e. The lowest BCUT2D eigenvalue weighted by atomic mass is 9.93. The van der Waals surface area contributed by atoms with E-state index < -0.39 is 5.54 Å². The largest absolute Gasteiger partial charge is 0.465 e. The van der Waals surface area contributed by atoms with E-state index in [1.165, 1.54) is 0 Å². The zero-order chi connectivity index (χ0) is 15.2. The molecule has 0 amide bonds. The highest BCUT2D eigenvalue weighted by Crippen LogP contribution is 2.22. The van der Waals surface area contributed by atoms with Gasteiger partial charge in [-0.05, 0) is 40.2 Å². The van der Waals surface area contributed by atoms with Crippen LogP contribution in [-0.2, 0) is 14.3 Å². The van der Waals surface area contributed by atoms with Crippen molar-refractivity contribution in [1.29, 1.82) is 0 Å². The molecule has 0 aliphatic carbocycles. The van der Waals surface area contributed by atoms with E-state index in [0.717, 1.165) is 32.5 Å². The van der Waals surface area contributed by atoms with Crippen LogP contribution >= 0.6 is 0 Å². The first-order chi connectivity index (χ1) is 9.46. The molecule has 5 nitrogen and oxygen atoms in total. The SMILES string of the molecule is CCNC(C)(CC(C)N1CCC(OC)C1)C(=O)OCC. The van der Waals surface area contributed by atoms with Gasteiger partial charge in [0.25, 0.3) is 0 Å². The van der Waals surface area contributed by atoms with E-state index in [-0.39, 0.29) is 5.97 Å². The number of rotatable bonds is 8. The Labute approximate surface area is 123 Å². The van der Waals surface area contributed by atoms with Crippen molar-refractivity contribution in [2.75, 3.05) is 33.4 Å². The Morgan fingerprint density at radius 3 is 2.70 bits per heavy atom. The first-order valence-electron chi connectivity index (χ1n) is 7.65. The molecule has 1 heterocycles. The Hall–Kier alpha value is -0.650. The van der Waals surface area contributed by atoms with Gasteiger partial charge in [0.2, 0.25) is 0 Å². The van der Waals surface area contributed by atoms with E-state index in [9.17, 15) is 4.79 Å². The molecule has 1 aliphatic rings. The minimum Gasteiger partial charge on any atom is -0.465 e. The molecule has 1 saturated heterocycles. The summed E-state index contributed by atoms with van der Waals surface area (Å²) in [5, 5.41) is 3.29. The summed E-state index contributed by atoms with van der Waals surface area (Å²) in [6, 6.07) is 0.323. The number of likely N-dealkylation sites (tertiary alicyclic amines) is 1. The minimum atomic E-state index is -0.616. The van der Waals surface area contributed by atoms with Crippen molar-refractivity contribution in [3.63, 3.8) is 0 Å². The lowest BCUT2D eigenvalue weighted by molar-refractivity contribution is -0.151. The number of hydrogen-bond acceptors (Lipinski definition) is 5. The van der Waals surface area contributed by atoms with E-state index in [0.29, 0.717) is 18.8 Å². The Bertz CT molecular complexity index is 311. The minimum absolute atomic E-state index is 0.156. The molecule has 0 aromatic carbocycles. The van der Waals surface area contributed by atoms with Crippen LogP contribution in [0.25, 0.3) is 0 Å². The lowest BCUT2D eigenvalue weighted by Crippen LogP contribution is -2.54. The van der Waals surface area contributed by atoms with E-state index in [1.54, 1.807) is 7.11 Å². The third-order valence-corrected chi connectivity index (χ3v) is 4.13. The summed E-state index contributed by atoms with van der Waals surface area (Å²) < 4.78 is 10.6. The van der Waals surface area contributed by atoms with Gasteiger partial charge in [0.1, 0.15) is 5.54 Å². The predicted molar refractivity (Wildman–Crippen MR) is 79.8 cm³/mol. The first-order valence-corrected chi connectivity index (χ1v) is 7.65. The average Bonchev–Trinajstić information content (AvgIpc) is 2.88. The van der Waals surface area contributed by atoms with Gasteiger partial charge in [-0.3, -0.25) is 9.69 Å². The summed E-state index contributed by atoms with van der Waals surface area (Å²) in [4.78, 5) is 14.6. The fraction of sp³-hybridized carbons (Fsp3) is 0.933. The van der Waals surface area contributed by atoms with Crippen LogP contribution in [0.15, 0.2) is 0 Å². The predicted octanol–water partition coefficient (Wildman–Crippen LogP) is 1.42. The van der Waals surface area contributed by atoms with Crippen molar-refractivity contribution in [3.05, 3.63) is 0 Å². The summed E-state index contributed by atoms with van der Waals surface area (Å²) in [6.45, 7) is 11.1. The van der Waals surface area contributed by atoms with Crippen LogP contribution in [0, 0.1) is 0 Å². The van der Waals surface area contributed by atoms with Gasteiger partial charge in [0.05, 0.1) is 12.7 Å². The van der Waals surface area contributed by atoms with E-state index >= 15 is 0 Å². The molecule has 0 bridgehead atoms. The maximum absolute atomic E-state index is 12.2. The molecule has 3 atom stereocenters. The lowest BCUT2D eigenvalue weighted by Gasteiger charge is -2.34. The molecule has 0 aromatic heterocycles. The number of likely N-dealkylation sites (N-methyl/N-ethyl adjacent to an activating group) is 1. The van der Waals surface area contributed by atoms with Gasteiger partial charge in [-0.1, -0.05) is 6.92 Å². The molecular formula is C15H30N2O3. The highest BCUT2D eigenvalue weighted by atomic mass is 16.5. The molecular weight excluding hydrogens is 256 g/mol. The molecule has 3 unspecified atom stereocenters. The smallest absolute Gasteiger partial charge is 0.326 e. The third kappa shape index (κ3) is 4.43. The number of nitrogens with zero attached hydrogens (tertiary/aromatic N) is 1. The van der Waals surface area contributed by atoms with E-state index in [2.05, 4.69) is 17.1 Å². The Balaban J connectivity index is 2.62. The average molecular weight is 286 g/mol. The van der Waals surface area contributed by atoms with Gasteiger partial charge < -0.3 is 14.8 Å². The molecule has 1 aliphatic heterocycles. The fourth-order valence-electron chi connectivity index (χ4n) is 2.97. The second-order valence-corrected chi connectivity index (χ2v) is 5.78. The van der Waals surface area contributed by atoms with Crippen molar-refractivity contribution in [2.24, 2.45) is 0 Å². The molecule has 1 fully saturated rings. The van der Waals surface area contributed by atoms with Crippen LogP contribution in [0.2, 0.25) is 0 Å². The molecule has 1 rings (SSSR count). The number of nitrogens with one attached hydrogen (secondary N) is 1. The van der Waals surface area contributed by atoms with Gasteiger partial charge in [0, 0.05) is 26.2 Å². The molecule has 0 radical (unpaired) electrons. The quantitative estimate of drug-likeness (QED) is 0.684. The number of carbonyl (C=O) groups excluding carboxylic acids is 1. The summed E-state index contributed by atoms with van der Waals surface area (Å²) in [6.07, 6.45) is 2.14. The topological polar surface area (TPSA) is 50.8 Å². The van der Waals surface area contributed by atoms with Gasteiger partial charge in [-0.15, -0.1) is 0 Å². The maximum atomic E-state index is 12.2. The molecule has 1 N–H and O–H groups in total. The standard InChI is InChI=1S/C15H30N2O3/c1-6-16-15(4,14(18)20-7-2)10-12(3)17-9-8-13(11-17)19-5/h12-13,16H,6-11H2,1-5H3. The highest BCUT2D eigenvalue weighted by Gasteiger charge is 2.38. The molecule has 20 heavy (non-hydrogen) atoms.